The van der Waals surface area contributed by atoms with Crippen molar-refractivity contribution in [1.82, 2.24) is 10.3 Å². The van der Waals surface area contributed by atoms with Gasteiger partial charge in [-0.25, -0.2) is 9.37 Å². The molecule has 1 heterocycles. The molecule has 19 heavy (non-hydrogen) atoms. The van der Waals surface area contributed by atoms with E-state index in [4.69, 9.17) is 23.2 Å². The molecule has 0 radical (unpaired) electrons. The second-order valence-electron chi connectivity index (χ2n) is 3.78. The molecule has 1 N–H and O–H groups in total. The number of carbonyl (C=O) groups excluding carboxylic acids is 1. The van der Waals surface area contributed by atoms with E-state index in [1.54, 1.807) is 18.2 Å². The number of amides is 1. The first-order valence-corrected chi connectivity index (χ1v) is 6.16. The zero-order valence-electron chi connectivity index (χ0n) is 9.66. The van der Waals surface area contributed by atoms with E-state index in [0.717, 1.165) is 0 Å². The maximum Gasteiger partial charge on any atom is 0.251 e. The Bertz CT molecular complexity index is 599. The Morgan fingerprint density at radius 3 is 2.47 bits per heavy atom. The predicted molar refractivity (Wildman–Crippen MR) is 71.8 cm³/mol. The lowest BCUT2D eigenvalue weighted by atomic mass is 10.2. The molecule has 6 heteroatoms. The molecule has 2 rings (SSSR count). The van der Waals surface area contributed by atoms with Crippen molar-refractivity contribution in [3.05, 3.63) is 63.6 Å². The average Bonchev–Trinajstić information content (AvgIpc) is 2.36. The number of hydrogen-bond acceptors (Lipinski definition) is 2. The summed E-state index contributed by atoms with van der Waals surface area (Å²) in [4.78, 5) is 15.6. The molecule has 0 saturated heterocycles. The van der Waals surface area contributed by atoms with E-state index in [1.807, 2.05) is 0 Å². The molecule has 0 fully saturated rings. The van der Waals surface area contributed by atoms with Gasteiger partial charge in [0.15, 0.2) is 0 Å². The van der Waals surface area contributed by atoms with Crippen molar-refractivity contribution < 1.29 is 9.18 Å². The Labute approximate surface area is 119 Å². The van der Waals surface area contributed by atoms with Crippen LogP contribution in [0, 0.1) is 5.82 Å². The molecule has 0 bridgehead atoms. The van der Waals surface area contributed by atoms with Gasteiger partial charge in [-0.3, -0.25) is 4.79 Å². The van der Waals surface area contributed by atoms with Crippen LogP contribution in [0.1, 0.15) is 15.9 Å². The lowest BCUT2D eigenvalue weighted by Gasteiger charge is -2.06. The van der Waals surface area contributed by atoms with Crippen LogP contribution < -0.4 is 5.32 Å². The van der Waals surface area contributed by atoms with Crippen LogP contribution in [-0.4, -0.2) is 10.9 Å². The summed E-state index contributed by atoms with van der Waals surface area (Å²) in [6.45, 7) is 0.0864. The second-order valence-corrected chi connectivity index (χ2v) is 4.55. The molecule has 0 atom stereocenters. The third-order valence-corrected chi connectivity index (χ3v) is 2.81. The minimum atomic E-state index is -0.394. The predicted octanol–water partition coefficient (Wildman–Crippen LogP) is 3.46. The summed E-state index contributed by atoms with van der Waals surface area (Å²) in [5.74, 6) is -0.761. The van der Waals surface area contributed by atoms with Crippen molar-refractivity contribution in [1.29, 1.82) is 0 Å². The fourth-order valence-electron chi connectivity index (χ4n) is 1.52. The topological polar surface area (TPSA) is 42.0 Å². The Morgan fingerprint density at radius 2 is 1.84 bits per heavy atom. The van der Waals surface area contributed by atoms with E-state index >= 15 is 0 Å². The molecule has 98 valence electrons. The SMILES string of the molecule is O=C(NCc1ccccc1F)c1cc(Cl)nc(Cl)c1. The molecular formula is C13H9Cl2FN2O. The van der Waals surface area contributed by atoms with Crippen LogP contribution in [0.2, 0.25) is 10.3 Å². The highest BCUT2D eigenvalue weighted by atomic mass is 35.5. The van der Waals surface area contributed by atoms with E-state index in [-0.39, 0.29) is 28.2 Å². The molecule has 0 aliphatic carbocycles. The first-order chi connectivity index (χ1) is 9.06. The Hall–Kier alpha value is -1.65. The van der Waals surface area contributed by atoms with Crippen molar-refractivity contribution in [3.8, 4) is 0 Å². The van der Waals surface area contributed by atoms with Crippen molar-refractivity contribution >= 4 is 29.1 Å². The fraction of sp³-hybridized carbons (Fsp3) is 0.0769. The summed E-state index contributed by atoms with van der Waals surface area (Å²) in [5, 5.41) is 2.84. The third kappa shape index (κ3) is 3.66. The highest BCUT2D eigenvalue weighted by Gasteiger charge is 2.09. The molecular weight excluding hydrogens is 290 g/mol. The summed E-state index contributed by atoms with van der Waals surface area (Å²) in [6, 6.07) is 9.01. The van der Waals surface area contributed by atoms with Crippen molar-refractivity contribution in [3.63, 3.8) is 0 Å². The van der Waals surface area contributed by atoms with Gasteiger partial charge >= 0.3 is 0 Å². The zero-order chi connectivity index (χ0) is 13.8. The van der Waals surface area contributed by atoms with Gasteiger partial charge in [-0.1, -0.05) is 41.4 Å². The lowest BCUT2D eigenvalue weighted by Crippen LogP contribution is -2.23. The third-order valence-electron chi connectivity index (χ3n) is 2.42. The van der Waals surface area contributed by atoms with E-state index in [1.165, 1.54) is 18.2 Å². The van der Waals surface area contributed by atoms with Gasteiger partial charge in [0, 0.05) is 17.7 Å². The number of hydrogen-bond donors (Lipinski definition) is 1. The number of nitrogens with one attached hydrogen (secondary N) is 1. The smallest absolute Gasteiger partial charge is 0.251 e. The van der Waals surface area contributed by atoms with E-state index < -0.39 is 5.91 Å². The number of aromatic nitrogens is 1. The van der Waals surface area contributed by atoms with Crippen molar-refractivity contribution in [2.75, 3.05) is 0 Å². The number of carbonyl (C=O) groups is 1. The molecule has 0 spiro atoms. The first kappa shape index (κ1) is 13.8. The summed E-state index contributed by atoms with van der Waals surface area (Å²) in [5.41, 5.74) is 0.684. The van der Waals surface area contributed by atoms with Crippen LogP contribution in [0.5, 0.6) is 0 Å². The van der Waals surface area contributed by atoms with Crippen molar-refractivity contribution in [2.45, 2.75) is 6.54 Å². The lowest BCUT2D eigenvalue weighted by molar-refractivity contribution is 0.0950. The monoisotopic (exact) mass is 298 g/mol. The average molecular weight is 299 g/mol. The summed E-state index contributed by atoms with van der Waals surface area (Å²) < 4.78 is 13.4. The van der Waals surface area contributed by atoms with Gasteiger partial charge in [0.2, 0.25) is 0 Å². The maximum absolute atomic E-state index is 13.4. The van der Waals surface area contributed by atoms with Gasteiger partial charge in [-0.15, -0.1) is 0 Å². The molecule has 0 saturated carbocycles. The number of benzene rings is 1. The number of rotatable bonds is 3. The number of nitrogens with zero attached hydrogens (tertiary/aromatic N) is 1. The van der Waals surface area contributed by atoms with Crippen LogP contribution >= 0.6 is 23.2 Å². The van der Waals surface area contributed by atoms with Crippen LogP contribution in [0.4, 0.5) is 4.39 Å². The van der Waals surface area contributed by atoms with Crippen LogP contribution in [0.15, 0.2) is 36.4 Å². The van der Waals surface area contributed by atoms with Crippen LogP contribution in [0.25, 0.3) is 0 Å². The quantitative estimate of drug-likeness (QED) is 0.882. The summed E-state index contributed by atoms with van der Waals surface area (Å²) >= 11 is 11.4. The van der Waals surface area contributed by atoms with E-state index in [0.29, 0.717) is 5.56 Å². The molecule has 1 amide bonds. The second kappa shape index (κ2) is 5.99. The van der Waals surface area contributed by atoms with Gasteiger partial charge in [0.25, 0.3) is 5.91 Å². The van der Waals surface area contributed by atoms with Gasteiger partial charge in [0.05, 0.1) is 0 Å². The fourth-order valence-corrected chi connectivity index (χ4v) is 1.98. The Kier molecular flexibility index (Phi) is 4.35. The first-order valence-electron chi connectivity index (χ1n) is 5.41. The Balaban J connectivity index is 2.08. The van der Waals surface area contributed by atoms with Gasteiger partial charge in [0.1, 0.15) is 16.1 Å². The van der Waals surface area contributed by atoms with Gasteiger partial charge in [-0.2, -0.15) is 0 Å². The summed E-state index contributed by atoms with van der Waals surface area (Å²) in [6.07, 6.45) is 0. The molecule has 0 aliphatic heterocycles. The van der Waals surface area contributed by atoms with Gasteiger partial charge in [-0.05, 0) is 18.2 Å². The van der Waals surface area contributed by atoms with Crippen molar-refractivity contribution in [2.24, 2.45) is 0 Å². The molecule has 0 aliphatic rings. The normalized spacial score (nSPS) is 10.3. The van der Waals surface area contributed by atoms with Crippen LogP contribution in [0.3, 0.4) is 0 Å². The van der Waals surface area contributed by atoms with E-state index in [9.17, 15) is 9.18 Å². The number of pyridine rings is 1. The standard InChI is InChI=1S/C13H9Cl2FN2O/c14-11-5-9(6-12(15)18-11)13(19)17-7-8-3-1-2-4-10(8)16/h1-6H,7H2,(H,17,19). The summed E-state index contributed by atoms with van der Waals surface area (Å²) in [7, 11) is 0. The zero-order valence-corrected chi connectivity index (χ0v) is 11.2. The molecule has 3 nitrogen and oxygen atoms in total. The molecule has 1 aromatic carbocycles. The minimum Gasteiger partial charge on any atom is -0.348 e. The maximum atomic E-state index is 13.4. The molecule has 1 aromatic heterocycles. The van der Waals surface area contributed by atoms with Crippen LogP contribution in [-0.2, 0) is 6.54 Å². The highest BCUT2D eigenvalue weighted by Crippen LogP contribution is 2.15. The molecule has 0 unspecified atom stereocenters. The van der Waals surface area contributed by atoms with E-state index in [2.05, 4.69) is 10.3 Å². The molecule has 2 aromatic rings. The highest BCUT2D eigenvalue weighted by molar-refractivity contribution is 6.33. The minimum absolute atomic E-state index is 0.0864. The Morgan fingerprint density at radius 1 is 1.21 bits per heavy atom. The largest absolute Gasteiger partial charge is 0.348 e. The van der Waals surface area contributed by atoms with Gasteiger partial charge < -0.3 is 5.32 Å². The number of halogens is 3.